The molecule has 0 amide bonds. The van der Waals surface area contributed by atoms with Crippen LogP contribution in [0.25, 0.3) is 11.1 Å². The lowest BCUT2D eigenvalue weighted by molar-refractivity contribution is -0.395. The summed E-state index contributed by atoms with van der Waals surface area (Å²) in [7, 11) is 1.96. The van der Waals surface area contributed by atoms with Gasteiger partial charge >= 0.3 is 0 Å². The van der Waals surface area contributed by atoms with Crippen LogP contribution >= 0.6 is 0 Å². The first-order valence-corrected chi connectivity index (χ1v) is 5.39. The summed E-state index contributed by atoms with van der Waals surface area (Å²) in [6.45, 7) is 6.02. The third kappa shape index (κ3) is 2.03. The monoisotopic (exact) mass is 210 g/mol. The number of aryl methyl sites for hydroxylation is 1. The van der Waals surface area contributed by atoms with Gasteiger partial charge in [0.05, 0.1) is 0 Å². The first-order chi connectivity index (χ1) is 7.68. The van der Waals surface area contributed by atoms with E-state index in [2.05, 4.69) is 56.1 Å². The molecular weight excluding hydrogens is 194 g/mol. The fraction of sp³-hybridized carbons (Fsp3) is 0.133. The van der Waals surface area contributed by atoms with Crippen molar-refractivity contribution in [2.45, 2.75) is 6.92 Å². The van der Waals surface area contributed by atoms with E-state index >= 15 is 0 Å². The van der Waals surface area contributed by atoms with Gasteiger partial charge in [-0.15, -0.1) is 0 Å². The molecule has 0 aliphatic heterocycles. The van der Waals surface area contributed by atoms with Crippen molar-refractivity contribution in [3.8, 4) is 11.1 Å². The highest BCUT2D eigenvalue weighted by Crippen LogP contribution is 2.25. The van der Waals surface area contributed by atoms with Gasteiger partial charge < -0.3 is 0 Å². The minimum absolute atomic E-state index is 1.17. The van der Waals surface area contributed by atoms with Gasteiger partial charge in [0.25, 0.3) is 0 Å². The first kappa shape index (κ1) is 10.6. The Bertz CT molecular complexity index is 512. The van der Waals surface area contributed by atoms with Crippen LogP contribution in [-0.4, -0.2) is 18.3 Å². The molecule has 0 aromatic heterocycles. The molecule has 0 aliphatic carbocycles. The van der Waals surface area contributed by atoms with Gasteiger partial charge in [-0.1, -0.05) is 30.3 Å². The second kappa shape index (κ2) is 4.31. The molecule has 2 rings (SSSR count). The van der Waals surface area contributed by atoms with E-state index in [1.54, 1.807) is 0 Å². The first-order valence-electron chi connectivity index (χ1n) is 5.39. The van der Waals surface area contributed by atoms with E-state index in [-0.39, 0.29) is 0 Å². The molecular formula is C15H16N+. The lowest BCUT2D eigenvalue weighted by Crippen LogP contribution is -1.95. The minimum atomic E-state index is 1.17. The van der Waals surface area contributed by atoms with Crippen LogP contribution in [-0.2, 0) is 0 Å². The second-order valence-corrected chi connectivity index (χ2v) is 4.07. The van der Waals surface area contributed by atoms with Gasteiger partial charge in [-0.2, -0.15) is 0 Å². The maximum absolute atomic E-state index is 3.91. The van der Waals surface area contributed by atoms with Crippen molar-refractivity contribution < 1.29 is 4.58 Å². The zero-order valence-electron chi connectivity index (χ0n) is 9.77. The number of rotatable bonds is 2. The Hall–Kier alpha value is -1.89. The molecule has 0 saturated heterocycles. The molecule has 1 nitrogen and oxygen atoms in total. The summed E-state index contributed by atoms with van der Waals surface area (Å²) >= 11 is 0. The summed E-state index contributed by atoms with van der Waals surface area (Å²) in [5.41, 5.74) is 4.92. The van der Waals surface area contributed by atoms with Gasteiger partial charge in [0.2, 0.25) is 5.69 Å². The zero-order chi connectivity index (χ0) is 11.5. The number of hydrogen-bond acceptors (Lipinski definition) is 0. The van der Waals surface area contributed by atoms with E-state index in [0.717, 1.165) is 0 Å². The normalized spacial score (nSPS) is 10.1. The Morgan fingerprint density at radius 2 is 1.62 bits per heavy atom. The molecule has 0 atom stereocenters. The van der Waals surface area contributed by atoms with E-state index < -0.39 is 0 Å². The van der Waals surface area contributed by atoms with Gasteiger partial charge in [0.15, 0.2) is 0 Å². The quantitative estimate of drug-likeness (QED) is 0.526. The van der Waals surface area contributed by atoms with Gasteiger partial charge in [-0.25, -0.2) is 4.58 Å². The van der Waals surface area contributed by atoms with Gasteiger partial charge in [-0.3, -0.25) is 0 Å². The smallest absolute Gasteiger partial charge is 0.207 e. The van der Waals surface area contributed by atoms with Crippen molar-refractivity contribution in [2.75, 3.05) is 7.05 Å². The Morgan fingerprint density at radius 1 is 0.938 bits per heavy atom. The van der Waals surface area contributed by atoms with E-state index in [1.165, 1.54) is 22.4 Å². The summed E-state index contributed by atoms with van der Waals surface area (Å²) < 4.78 is 1.89. The van der Waals surface area contributed by atoms with Crippen molar-refractivity contribution in [1.82, 2.24) is 0 Å². The van der Waals surface area contributed by atoms with Crippen LogP contribution in [0.4, 0.5) is 5.69 Å². The molecule has 2 aromatic carbocycles. The van der Waals surface area contributed by atoms with Gasteiger partial charge in [0.1, 0.15) is 13.8 Å². The molecule has 0 spiro atoms. The van der Waals surface area contributed by atoms with E-state index in [0.29, 0.717) is 0 Å². The number of benzene rings is 2. The van der Waals surface area contributed by atoms with Crippen LogP contribution in [0.1, 0.15) is 5.56 Å². The number of hydrogen-bond donors (Lipinski definition) is 0. The third-order valence-corrected chi connectivity index (χ3v) is 2.72. The van der Waals surface area contributed by atoms with Crippen LogP contribution in [0, 0.1) is 6.92 Å². The van der Waals surface area contributed by atoms with Crippen LogP contribution in [0.15, 0.2) is 48.5 Å². The maximum atomic E-state index is 3.91. The SMILES string of the molecule is C=[N+](C)c1ccc(-c2ccccc2)cc1C. The maximum Gasteiger partial charge on any atom is 0.207 e. The molecule has 0 heterocycles. The minimum Gasteiger partial charge on any atom is -0.208 e. The Morgan fingerprint density at radius 3 is 2.19 bits per heavy atom. The molecule has 0 aliphatic rings. The average Bonchev–Trinajstić information content (AvgIpc) is 2.29. The summed E-state index contributed by atoms with van der Waals surface area (Å²) in [4.78, 5) is 0. The summed E-state index contributed by atoms with van der Waals surface area (Å²) in [6.07, 6.45) is 0. The molecule has 2 aromatic rings. The van der Waals surface area contributed by atoms with Crippen LogP contribution in [0.2, 0.25) is 0 Å². The van der Waals surface area contributed by atoms with Crippen LogP contribution in [0.5, 0.6) is 0 Å². The van der Waals surface area contributed by atoms with Crippen LogP contribution < -0.4 is 0 Å². The van der Waals surface area contributed by atoms with E-state index in [1.807, 2.05) is 17.7 Å². The topological polar surface area (TPSA) is 3.01 Å². The highest BCUT2D eigenvalue weighted by molar-refractivity contribution is 5.66. The second-order valence-electron chi connectivity index (χ2n) is 4.07. The lowest BCUT2D eigenvalue weighted by atomic mass is 10.0. The lowest BCUT2D eigenvalue weighted by Gasteiger charge is -2.04. The fourth-order valence-electron chi connectivity index (χ4n) is 1.89. The molecule has 0 radical (unpaired) electrons. The van der Waals surface area contributed by atoms with Gasteiger partial charge in [-0.05, 0) is 30.2 Å². The van der Waals surface area contributed by atoms with Crippen molar-refractivity contribution in [3.05, 3.63) is 54.1 Å². The molecule has 0 bridgehead atoms. The Balaban J connectivity index is 2.46. The Labute approximate surface area is 96.7 Å². The van der Waals surface area contributed by atoms with Crippen molar-refractivity contribution >= 4 is 12.4 Å². The molecule has 16 heavy (non-hydrogen) atoms. The zero-order valence-corrected chi connectivity index (χ0v) is 9.77. The molecule has 1 heteroatoms. The predicted octanol–water partition coefficient (Wildman–Crippen LogP) is 3.64. The average molecular weight is 210 g/mol. The standard InChI is InChI=1S/C15H16N/c1-12-11-14(9-10-15(12)16(2)3)13-7-5-4-6-8-13/h4-11H,2H2,1,3H3/q+1. The van der Waals surface area contributed by atoms with Crippen molar-refractivity contribution in [3.63, 3.8) is 0 Å². The summed E-state index contributed by atoms with van der Waals surface area (Å²) in [5.74, 6) is 0. The molecule has 0 N–H and O–H groups in total. The van der Waals surface area contributed by atoms with Gasteiger partial charge in [0, 0.05) is 11.6 Å². The van der Waals surface area contributed by atoms with Crippen molar-refractivity contribution in [1.29, 1.82) is 0 Å². The molecule has 0 saturated carbocycles. The van der Waals surface area contributed by atoms with Crippen molar-refractivity contribution in [2.24, 2.45) is 0 Å². The van der Waals surface area contributed by atoms with E-state index in [9.17, 15) is 0 Å². The van der Waals surface area contributed by atoms with E-state index in [4.69, 9.17) is 0 Å². The highest BCUT2D eigenvalue weighted by Gasteiger charge is 2.06. The summed E-state index contributed by atoms with van der Waals surface area (Å²) in [6, 6.07) is 16.9. The number of nitrogens with zero attached hydrogens (tertiary/aromatic N) is 1. The molecule has 0 fully saturated rings. The summed E-state index contributed by atoms with van der Waals surface area (Å²) in [5, 5.41) is 0. The third-order valence-electron chi connectivity index (χ3n) is 2.72. The Kier molecular flexibility index (Phi) is 2.86. The van der Waals surface area contributed by atoms with Crippen LogP contribution in [0.3, 0.4) is 0 Å². The predicted molar refractivity (Wildman–Crippen MR) is 69.6 cm³/mol. The largest absolute Gasteiger partial charge is 0.208 e. The molecule has 80 valence electrons. The molecule has 0 unspecified atom stereocenters. The fourth-order valence-corrected chi connectivity index (χ4v) is 1.89. The highest BCUT2D eigenvalue weighted by atomic mass is 14.9.